The highest BCUT2D eigenvalue weighted by Gasteiger charge is 2.14. The molecule has 0 amide bonds. The summed E-state index contributed by atoms with van der Waals surface area (Å²) < 4.78 is 3.78. The molecule has 0 aliphatic heterocycles. The summed E-state index contributed by atoms with van der Waals surface area (Å²) >= 11 is 1.25. The number of aryl methyl sites for hydroxylation is 3. The molecule has 2 aromatic rings. The van der Waals surface area contributed by atoms with E-state index in [4.69, 9.17) is 0 Å². The van der Waals surface area contributed by atoms with Gasteiger partial charge in [-0.3, -0.25) is 0 Å². The summed E-state index contributed by atoms with van der Waals surface area (Å²) in [5.74, 6) is 0. The van der Waals surface area contributed by atoms with Crippen LogP contribution in [0.15, 0.2) is 18.3 Å². The third kappa shape index (κ3) is 2.70. The van der Waals surface area contributed by atoms with E-state index in [2.05, 4.69) is 42.5 Å². The predicted molar refractivity (Wildman–Crippen MR) is 69.2 cm³/mol. The average molecular weight is 248 g/mol. The molecule has 0 aliphatic rings. The summed E-state index contributed by atoms with van der Waals surface area (Å²) in [5.41, 5.74) is 4.95. The first-order chi connectivity index (χ1) is 8.08. The van der Waals surface area contributed by atoms with Crippen molar-refractivity contribution >= 4 is 11.5 Å². The highest BCUT2D eigenvalue weighted by Crippen LogP contribution is 2.24. The molecular formula is C13H16N2OS. The Morgan fingerprint density at radius 1 is 1.24 bits per heavy atom. The van der Waals surface area contributed by atoms with Gasteiger partial charge in [-0.05, 0) is 49.0 Å². The van der Waals surface area contributed by atoms with Gasteiger partial charge in [0.1, 0.15) is 0 Å². The molecular weight excluding hydrogens is 232 g/mol. The molecule has 0 spiro atoms. The van der Waals surface area contributed by atoms with Crippen molar-refractivity contribution in [1.29, 1.82) is 0 Å². The Morgan fingerprint density at radius 3 is 2.41 bits per heavy atom. The molecule has 0 saturated heterocycles. The van der Waals surface area contributed by atoms with E-state index >= 15 is 0 Å². The number of aliphatic hydroxyl groups excluding tert-OH is 1. The second-order valence-corrected chi connectivity index (χ2v) is 5.23. The lowest BCUT2D eigenvalue weighted by Gasteiger charge is -2.14. The van der Waals surface area contributed by atoms with E-state index in [1.807, 2.05) is 0 Å². The van der Waals surface area contributed by atoms with Crippen molar-refractivity contribution in [3.05, 3.63) is 45.5 Å². The summed E-state index contributed by atoms with van der Waals surface area (Å²) in [6.07, 6.45) is 1.76. The lowest BCUT2D eigenvalue weighted by atomic mass is 9.95. The molecule has 0 radical (unpaired) electrons. The van der Waals surface area contributed by atoms with E-state index in [-0.39, 0.29) is 0 Å². The van der Waals surface area contributed by atoms with E-state index in [0.29, 0.717) is 6.42 Å². The third-order valence-electron chi connectivity index (χ3n) is 2.94. The van der Waals surface area contributed by atoms with Crippen molar-refractivity contribution in [2.24, 2.45) is 0 Å². The molecule has 4 heteroatoms. The first-order valence-electron chi connectivity index (χ1n) is 5.60. The fourth-order valence-electron chi connectivity index (χ4n) is 2.15. The van der Waals surface area contributed by atoms with Crippen molar-refractivity contribution in [1.82, 2.24) is 9.59 Å². The van der Waals surface area contributed by atoms with Crippen LogP contribution in [0.2, 0.25) is 0 Å². The smallest absolute Gasteiger partial charge is 0.0954 e. The highest BCUT2D eigenvalue weighted by molar-refractivity contribution is 7.05. The van der Waals surface area contributed by atoms with Gasteiger partial charge in [-0.1, -0.05) is 22.2 Å². The van der Waals surface area contributed by atoms with Crippen LogP contribution in [0.25, 0.3) is 0 Å². The van der Waals surface area contributed by atoms with E-state index in [1.165, 1.54) is 33.8 Å². The molecule has 0 saturated carbocycles. The van der Waals surface area contributed by atoms with Crippen LogP contribution in [0.3, 0.4) is 0 Å². The summed E-state index contributed by atoms with van der Waals surface area (Å²) in [5, 5.41) is 13.9. The largest absolute Gasteiger partial charge is 0.387 e. The molecule has 1 N–H and O–H groups in total. The van der Waals surface area contributed by atoms with E-state index in [1.54, 1.807) is 6.20 Å². The van der Waals surface area contributed by atoms with Crippen LogP contribution in [0, 0.1) is 20.8 Å². The number of rotatable bonds is 3. The molecule has 17 heavy (non-hydrogen) atoms. The quantitative estimate of drug-likeness (QED) is 0.908. The molecule has 1 heterocycles. The number of aliphatic hydroxyl groups is 1. The fourth-order valence-corrected chi connectivity index (χ4v) is 2.64. The summed E-state index contributed by atoms with van der Waals surface area (Å²) in [6, 6.07) is 4.31. The topological polar surface area (TPSA) is 46.0 Å². The van der Waals surface area contributed by atoms with Gasteiger partial charge in [-0.2, -0.15) is 0 Å². The Balaban J connectivity index is 2.25. The summed E-state index contributed by atoms with van der Waals surface area (Å²) in [7, 11) is 0. The number of benzene rings is 1. The van der Waals surface area contributed by atoms with Crippen LogP contribution in [-0.2, 0) is 6.42 Å². The summed E-state index contributed by atoms with van der Waals surface area (Å²) in [6.45, 7) is 6.27. The van der Waals surface area contributed by atoms with Crippen LogP contribution in [-0.4, -0.2) is 14.7 Å². The normalized spacial score (nSPS) is 12.7. The lowest BCUT2D eigenvalue weighted by Crippen LogP contribution is -2.04. The van der Waals surface area contributed by atoms with E-state index in [9.17, 15) is 5.11 Å². The zero-order valence-corrected chi connectivity index (χ0v) is 11.1. The van der Waals surface area contributed by atoms with Crippen molar-refractivity contribution in [2.75, 3.05) is 0 Å². The predicted octanol–water partition coefficient (Wildman–Crippen LogP) is 2.74. The first kappa shape index (κ1) is 12.2. The Morgan fingerprint density at radius 2 is 1.88 bits per heavy atom. The molecule has 2 rings (SSSR count). The SMILES string of the molecule is Cc1cc(C)c(CC(O)c2cnns2)c(C)c1. The van der Waals surface area contributed by atoms with Gasteiger partial charge in [0.2, 0.25) is 0 Å². The minimum atomic E-state index is -0.505. The van der Waals surface area contributed by atoms with Crippen molar-refractivity contribution in [3.63, 3.8) is 0 Å². The maximum Gasteiger partial charge on any atom is 0.0954 e. The second-order valence-electron chi connectivity index (χ2n) is 4.42. The monoisotopic (exact) mass is 248 g/mol. The van der Waals surface area contributed by atoms with Crippen molar-refractivity contribution < 1.29 is 5.11 Å². The Hall–Kier alpha value is -1.26. The van der Waals surface area contributed by atoms with Crippen LogP contribution < -0.4 is 0 Å². The lowest BCUT2D eigenvalue weighted by molar-refractivity contribution is 0.181. The van der Waals surface area contributed by atoms with Gasteiger partial charge in [-0.15, -0.1) is 5.10 Å². The summed E-state index contributed by atoms with van der Waals surface area (Å²) in [4.78, 5) is 0.823. The maximum atomic E-state index is 10.1. The van der Waals surface area contributed by atoms with Crippen molar-refractivity contribution in [2.45, 2.75) is 33.3 Å². The minimum absolute atomic E-state index is 0.505. The number of hydrogen-bond acceptors (Lipinski definition) is 4. The Bertz CT molecular complexity index is 485. The molecule has 0 bridgehead atoms. The van der Waals surface area contributed by atoms with Crippen LogP contribution >= 0.6 is 11.5 Å². The molecule has 1 aromatic carbocycles. The van der Waals surface area contributed by atoms with Crippen LogP contribution in [0.4, 0.5) is 0 Å². The van der Waals surface area contributed by atoms with Gasteiger partial charge in [-0.25, -0.2) is 0 Å². The minimum Gasteiger partial charge on any atom is -0.387 e. The van der Waals surface area contributed by atoms with Crippen LogP contribution in [0.5, 0.6) is 0 Å². The molecule has 0 aliphatic carbocycles. The second kappa shape index (κ2) is 4.94. The molecule has 1 aromatic heterocycles. The number of nitrogens with zero attached hydrogens (tertiary/aromatic N) is 2. The van der Waals surface area contributed by atoms with Gasteiger partial charge >= 0.3 is 0 Å². The van der Waals surface area contributed by atoms with Crippen molar-refractivity contribution in [3.8, 4) is 0 Å². The Kier molecular flexibility index (Phi) is 3.54. The molecule has 3 nitrogen and oxygen atoms in total. The number of hydrogen-bond donors (Lipinski definition) is 1. The van der Waals surface area contributed by atoms with Gasteiger partial charge in [0.25, 0.3) is 0 Å². The standard InChI is InChI=1S/C13H16N2OS/c1-8-4-9(2)11(10(3)5-8)6-12(16)13-7-14-15-17-13/h4-5,7,12,16H,6H2,1-3H3. The number of aromatic nitrogens is 2. The van der Waals surface area contributed by atoms with Gasteiger partial charge in [0, 0.05) is 6.42 Å². The Labute approximate surface area is 105 Å². The molecule has 90 valence electrons. The highest BCUT2D eigenvalue weighted by atomic mass is 32.1. The molecule has 1 atom stereocenters. The van der Waals surface area contributed by atoms with E-state index in [0.717, 1.165) is 4.88 Å². The average Bonchev–Trinajstić information content (AvgIpc) is 2.76. The van der Waals surface area contributed by atoms with Crippen LogP contribution in [0.1, 0.15) is 33.2 Å². The molecule has 1 unspecified atom stereocenters. The van der Waals surface area contributed by atoms with Gasteiger partial charge in [0.15, 0.2) is 0 Å². The maximum absolute atomic E-state index is 10.1. The fraction of sp³-hybridized carbons (Fsp3) is 0.385. The third-order valence-corrected chi connectivity index (χ3v) is 3.71. The first-order valence-corrected chi connectivity index (χ1v) is 6.37. The van der Waals surface area contributed by atoms with Gasteiger partial charge < -0.3 is 5.11 Å². The molecule has 0 fully saturated rings. The zero-order chi connectivity index (χ0) is 12.4. The zero-order valence-electron chi connectivity index (χ0n) is 10.3. The van der Waals surface area contributed by atoms with E-state index < -0.39 is 6.10 Å². The van der Waals surface area contributed by atoms with Gasteiger partial charge in [0.05, 0.1) is 17.2 Å².